The van der Waals surface area contributed by atoms with E-state index < -0.39 is 21.8 Å². The minimum atomic E-state index is -4.41. The predicted molar refractivity (Wildman–Crippen MR) is 124 cm³/mol. The third-order valence-corrected chi connectivity index (χ3v) is 7.16. The minimum Gasteiger partial charge on any atom is -0.454 e. The molecule has 0 saturated carbocycles. The summed E-state index contributed by atoms with van der Waals surface area (Å²) in [4.78, 5) is 16.2. The lowest BCUT2D eigenvalue weighted by atomic mass is 10.1. The van der Waals surface area contributed by atoms with Crippen molar-refractivity contribution in [2.45, 2.75) is 19.0 Å². The van der Waals surface area contributed by atoms with Crippen molar-refractivity contribution in [2.24, 2.45) is 0 Å². The first kappa shape index (κ1) is 25.0. The molecule has 0 spiro atoms. The summed E-state index contributed by atoms with van der Waals surface area (Å²) in [5.74, 6) is 0.889. The maximum absolute atomic E-state index is 13.0. The summed E-state index contributed by atoms with van der Waals surface area (Å²) < 4.78 is 75.5. The third-order valence-electron chi connectivity index (χ3n) is 5.97. The highest BCUT2D eigenvalue weighted by molar-refractivity contribution is 7.92. The number of hydrogen-bond donors (Lipinski definition) is 0. The summed E-state index contributed by atoms with van der Waals surface area (Å²) in [6.07, 6.45) is -2.84. The molecule has 2 heterocycles. The maximum atomic E-state index is 13.0. The zero-order valence-corrected chi connectivity index (χ0v) is 19.9. The van der Waals surface area contributed by atoms with Gasteiger partial charge in [0.1, 0.15) is 0 Å². The van der Waals surface area contributed by atoms with Crippen LogP contribution in [0.3, 0.4) is 0 Å². The molecule has 1 amide bonds. The number of fused-ring (bicyclic) bond motifs is 1. The number of benzene rings is 2. The molecule has 0 N–H and O–H groups in total. The molecule has 0 unspecified atom stereocenters. The number of rotatable bonds is 7. The minimum absolute atomic E-state index is 0.0766. The molecule has 0 aliphatic carbocycles. The molecule has 2 aliphatic rings. The van der Waals surface area contributed by atoms with Crippen LogP contribution in [0.25, 0.3) is 0 Å². The first-order valence-corrected chi connectivity index (χ1v) is 12.9. The molecular formula is C23H26F3N3O5S. The quantitative estimate of drug-likeness (QED) is 0.565. The number of carbonyl (C=O) groups is 1. The van der Waals surface area contributed by atoms with Gasteiger partial charge in [0.05, 0.1) is 17.5 Å². The molecule has 2 aliphatic heterocycles. The van der Waals surface area contributed by atoms with Crippen LogP contribution in [0.4, 0.5) is 24.5 Å². The van der Waals surface area contributed by atoms with Gasteiger partial charge in [-0.25, -0.2) is 8.42 Å². The molecule has 0 bridgehead atoms. The lowest BCUT2D eigenvalue weighted by molar-refractivity contribution is -0.137. The number of piperazine rings is 1. The van der Waals surface area contributed by atoms with Gasteiger partial charge in [0.2, 0.25) is 22.7 Å². The smallest absolute Gasteiger partial charge is 0.416 e. The highest BCUT2D eigenvalue weighted by Crippen LogP contribution is 2.36. The van der Waals surface area contributed by atoms with E-state index in [0.29, 0.717) is 55.5 Å². The molecule has 35 heavy (non-hydrogen) atoms. The Kier molecular flexibility index (Phi) is 7.02. The van der Waals surface area contributed by atoms with Crippen molar-refractivity contribution < 1.29 is 35.9 Å². The van der Waals surface area contributed by atoms with Gasteiger partial charge >= 0.3 is 6.18 Å². The van der Waals surface area contributed by atoms with E-state index in [1.165, 1.54) is 10.4 Å². The Balaban J connectivity index is 1.30. The van der Waals surface area contributed by atoms with Crippen LogP contribution in [0.15, 0.2) is 42.5 Å². The first-order chi connectivity index (χ1) is 16.5. The van der Waals surface area contributed by atoms with E-state index in [0.717, 1.165) is 18.4 Å². The topological polar surface area (TPSA) is 79.4 Å². The van der Waals surface area contributed by atoms with E-state index >= 15 is 0 Å². The second-order valence-electron chi connectivity index (χ2n) is 8.39. The predicted octanol–water partition coefficient (Wildman–Crippen LogP) is 3.33. The van der Waals surface area contributed by atoms with Crippen molar-refractivity contribution in [3.63, 3.8) is 0 Å². The van der Waals surface area contributed by atoms with E-state index in [1.807, 2.05) is 4.90 Å². The van der Waals surface area contributed by atoms with Crippen LogP contribution < -0.4 is 18.7 Å². The van der Waals surface area contributed by atoms with Crippen LogP contribution >= 0.6 is 0 Å². The van der Waals surface area contributed by atoms with Gasteiger partial charge in [-0.15, -0.1) is 0 Å². The second-order valence-corrected chi connectivity index (χ2v) is 10.3. The van der Waals surface area contributed by atoms with Crippen LogP contribution in [-0.2, 0) is 21.0 Å². The fraction of sp³-hybridized carbons (Fsp3) is 0.435. The average Bonchev–Trinajstić information content (AvgIpc) is 3.28. The Morgan fingerprint density at radius 3 is 2.43 bits per heavy atom. The van der Waals surface area contributed by atoms with E-state index in [4.69, 9.17) is 9.47 Å². The summed E-state index contributed by atoms with van der Waals surface area (Å²) in [6, 6.07) is 10.0. The number of hydrogen-bond acceptors (Lipinski definition) is 6. The molecule has 0 aromatic heterocycles. The summed E-state index contributed by atoms with van der Waals surface area (Å²) in [6.45, 7) is 1.79. The summed E-state index contributed by atoms with van der Waals surface area (Å²) in [5.41, 5.74) is 0.199. The van der Waals surface area contributed by atoms with Gasteiger partial charge in [-0.3, -0.25) is 9.10 Å². The Morgan fingerprint density at radius 2 is 1.74 bits per heavy atom. The van der Waals surface area contributed by atoms with Crippen molar-refractivity contribution in [1.82, 2.24) is 4.90 Å². The number of amides is 1. The number of ether oxygens (including phenoxy) is 2. The standard InChI is InChI=1S/C23H26F3N3O5S/c1-35(31,32)29(19-7-8-20-21(15-19)34-16-33-20)9-3-6-22(30)28-12-10-27(11-13-28)18-5-2-4-17(14-18)23(24,25)26/h2,4-5,7-8,14-15H,3,6,9-13,16H2,1H3. The van der Waals surface area contributed by atoms with Gasteiger partial charge in [0.25, 0.3) is 0 Å². The monoisotopic (exact) mass is 513 g/mol. The van der Waals surface area contributed by atoms with Crippen LogP contribution in [-0.4, -0.2) is 65.0 Å². The van der Waals surface area contributed by atoms with Gasteiger partial charge in [0.15, 0.2) is 11.5 Å². The molecule has 2 aromatic rings. The van der Waals surface area contributed by atoms with Gasteiger partial charge in [-0.2, -0.15) is 13.2 Å². The fourth-order valence-corrected chi connectivity index (χ4v) is 5.11. The Bertz CT molecular complexity index is 1180. The highest BCUT2D eigenvalue weighted by atomic mass is 32.2. The zero-order chi connectivity index (χ0) is 25.2. The normalized spacial score (nSPS) is 15.9. The molecule has 1 fully saturated rings. The summed E-state index contributed by atoms with van der Waals surface area (Å²) in [5, 5.41) is 0. The van der Waals surface area contributed by atoms with Crippen molar-refractivity contribution in [2.75, 3.05) is 55.0 Å². The molecule has 190 valence electrons. The number of anilines is 2. The van der Waals surface area contributed by atoms with Crippen molar-refractivity contribution in [1.29, 1.82) is 0 Å². The molecule has 0 radical (unpaired) electrons. The molecular weight excluding hydrogens is 487 g/mol. The van der Waals surface area contributed by atoms with Crippen LogP contribution in [0.2, 0.25) is 0 Å². The van der Waals surface area contributed by atoms with Gasteiger partial charge in [-0.05, 0) is 36.8 Å². The summed E-state index contributed by atoms with van der Waals surface area (Å²) in [7, 11) is -3.58. The molecule has 1 saturated heterocycles. The van der Waals surface area contributed by atoms with Crippen molar-refractivity contribution >= 4 is 27.3 Å². The lowest BCUT2D eigenvalue weighted by Crippen LogP contribution is -2.49. The first-order valence-electron chi connectivity index (χ1n) is 11.1. The van der Waals surface area contributed by atoms with Crippen LogP contribution in [0.1, 0.15) is 18.4 Å². The average molecular weight is 514 g/mol. The van der Waals surface area contributed by atoms with Gasteiger partial charge in [0, 0.05) is 50.9 Å². The molecule has 8 nitrogen and oxygen atoms in total. The highest BCUT2D eigenvalue weighted by Gasteiger charge is 2.31. The zero-order valence-electron chi connectivity index (χ0n) is 19.1. The van der Waals surface area contributed by atoms with E-state index in [2.05, 4.69) is 0 Å². The lowest BCUT2D eigenvalue weighted by Gasteiger charge is -2.36. The van der Waals surface area contributed by atoms with Crippen molar-refractivity contribution in [3.8, 4) is 11.5 Å². The molecule has 12 heteroatoms. The maximum Gasteiger partial charge on any atom is 0.416 e. The second kappa shape index (κ2) is 9.84. The Morgan fingerprint density at radius 1 is 1.03 bits per heavy atom. The van der Waals surface area contributed by atoms with E-state index in [1.54, 1.807) is 29.2 Å². The number of alkyl halides is 3. The van der Waals surface area contributed by atoms with E-state index in [9.17, 15) is 26.4 Å². The van der Waals surface area contributed by atoms with E-state index in [-0.39, 0.29) is 25.7 Å². The number of sulfonamides is 1. The van der Waals surface area contributed by atoms with Gasteiger partial charge in [-0.1, -0.05) is 6.07 Å². The molecule has 4 rings (SSSR count). The van der Waals surface area contributed by atoms with Crippen molar-refractivity contribution in [3.05, 3.63) is 48.0 Å². The molecule has 0 atom stereocenters. The fourth-order valence-electron chi connectivity index (χ4n) is 4.15. The Labute approximate surface area is 201 Å². The number of nitrogens with zero attached hydrogens (tertiary/aromatic N) is 3. The largest absolute Gasteiger partial charge is 0.454 e. The van der Waals surface area contributed by atoms with Crippen LogP contribution in [0.5, 0.6) is 11.5 Å². The van der Waals surface area contributed by atoms with Gasteiger partial charge < -0.3 is 19.3 Å². The molecule has 2 aromatic carbocycles. The van der Waals surface area contributed by atoms with Crippen LogP contribution in [0, 0.1) is 0 Å². The SMILES string of the molecule is CS(=O)(=O)N(CCCC(=O)N1CCN(c2cccc(C(F)(F)F)c2)CC1)c1ccc2c(c1)OCO2. The Hall–Kier alpha value is -3.15. The number of halogens is 3. The third kappa shape index (κ3) is 5.92. The summed E-state index contributed by atoms with van der Waals surface area (Å²) >= 11 is 0. The number of carbonyl (C=O) groups excluding carboxylic acids is 1.